The molecule has 1 aliphatic carbocycles. The number of hydrogen-bond acceptors (Lipinski definition) is 4. The predicted octanol–water partition coefficient (Wildman–Crippen LogP) is 1.01. The summed E-state index contributed by atoms with van der Waals surface area (Å²) in [5.41, 5.74) is 0.626. The zero-order valence-electron chi connectivity index (χ0n) is 10.7. The van der Waals surface area contributed by atoms with Gasteiger partial charge >= 0.3 is 0 Å². The van der Waals surface area contributed by atoms with Crippen molar-refractivity contribution in [3.63, 3.8) is 0 Å². The number of rotatable bonds is 2. The number of anilines is 1. The molecule has 3 rings (SSSR count). The molecule has 5 heteroatoms. The van der Waals surface area contributed by atoms with E-state index in [1.54, 1.807) is 18.3 Å². The Balaban J connectivity index is 1.63. The van der Waals surface area contributed by atoms with E-state index in [0.29, 0.717) is 17.4 Å². The molecular formula is C14H16N4O. The highest BCUT2D eigenvalue weighted by atomic mass is 16.2. The second-order valence-corrected chi connectivity index (χ2v) is 5.10. The summed E-state index contributed by atoms with van der Waals surface area (Å²) in [7, 11) is 0. The van der Waals surface area contributed by atoms with E-state index in [4.69, 9.17) is 5.26 Å². The SMILES string of the molecule is N#Cc1ccnc(N2CCN(C(=O)C3CC3)CC2)c1. The van der Waals surface area contributed by atoms with Gasteiger partial charge in [-0.15, -0.1) is 0 Å². The largest absolute Gasteiger partial charge is 0.353 e. The number of nitriles is 1. The smallest absolute Gasteiger partial charge is 0.225 e. The average molecular weight is 256 g/mol. The zero-order valence-corrected chi connectivity index (χ0v) is 10.7. The van der Waals surface area contributed by atoms with Crippen molar-refractivity contribution in [1.82, 2.24) is 9.88 Å². The predicted molar refractivity (Wildman–Crippen MR) is 70.5 cm³/mol. The van der Waals surface area contributed by atoms with Crippen molar-refractivity contribution < 1.29 is 4.79 Å². The summed E-state index contributed by atoms with van der Waals surface area (Å²) >= 11 is 0. The molecule has 98 valence electrons. The van der Waals surface area contributed by atoms with Gasteiger partial charge in [-0.3, -0.25) is 4.79 Å². The van der Waals surface area contributed by atoms with E-state index >= 15 is 0 Å². The van der Waals surface area contributed by atoms with E-state index in [1.165, 1.54) is 0 Å². The number of hydrogen-bond donors (Lipinski definition) is 0. The maximum atomic E-state index is 12.0. The number of pyridine rings is 1. The average Bonchev–Trinajstić information content (AvgIpc) is 3.31. The van der Waals surface area contributed by atoms with Crippen LogP contribution in [0.25, 0.3) is 0 Å². The van der Waals surface area contributed by atoms with E-state index in [1.807, 2.05) is 4.90 Å². The van der Waals surface area contributed by atoms with Crippen LogP contribution in [0.2, 0.25) is 0 Å². The molecule has 1 aromatic rings. The quantitative estimate of drug-likeness (QED) is 0.792. The Morgan fingerprint density at radius 1 is 1.32 bits per heavy atom. The molecule has 1 saturated heterocycles. The summed E-state index contributed by atoms with van der Waals surface area (Å²) in [6, 6.07) is 5.63. The highest BCUT2D eigenvalue weighted by Crippen LogP contribution is 2.31. The second-order valence-electron chi connectivity index (χ2n) is 5.10. The standard InChI is InChI=1S/C14H16N4O/c15-10-11-3-4-16-13(9-11)17-5-7-18(8-6-17)14(19)12-1-2-12/h3-4,9,12H,1-2,5-8H2. The Hall–Kier alpha value is -2.09. The molecule has 0 spiro atoms. The molecule has 0 N–H and O–H groups in total. The number of carbonyl (C=O) groups is 1. The molecule has 0 unspecified atom stereocenters. The summed E-state index contributed by atoms with van der Waals surface area (Å²) in [6.45, 7) is 3.10. The van der Waals surface area contributed by atoms with Gasteiger partial charge in [-0.05, 0) is 25.0 Å². The monoisotopic (exact) mass is 256 g/mol. The molecular weight excluding hydrogens is 240 g/mol. The van der Waals surface area contributed by atoms with Gasteiger partial charge in [-0.2, -0.15) is 5.26 Å². The maximum Gasteiger partial charge on any atom is 0.225 e. The molecule has 0 atom stereocenters. The first kappa shape index (κ1) is 12.0. The molecule has 1 aliphatic heterocycles. The second kappa shape index (κ2) is 4.88. The molecule has 2 aliphatic rings. The van der Waals surface area contributed by atoms with E-state index in [0.717, 1.165) is 44.8 Å². The molecule has 2 heterocycles. The van der Waals surface area contributed by atoms with Crippen molar-refractivity contribution >= 4 is 11.7 Å². The van der Waals surface area contributed by atoms with Crippen LogP contribution >= 0.6 is 0 Å². The highest BCUT2D eigenvalue weighted by Gasteiger charge is 2.34. The first-order chi connectivity index (χ1) is 9.28. The van der Waals surface area contributed by atoms with Crippen LogP contribution in [0.5, 0.6) is 0 Å². The Morgan fingerprint density at radius 2 is 2.05 bits per heavy atom. The van der Waals surface area contributed by atoms with E-state index in [-0.39, 0.29) is 0 Å². The zero-order chi connectivity index (χ0) is 13.2. The first-order valence-electron chi connectivity index (χ1n) is 6.68. The van der Waals surface area contributed by atoms with Gasteiger partial charge in [0.25, 0.3) is 0 Å². The number of aromatic nitrogens is 1. The van der Waals surface area contributed by atoms with Gasteiger partial charge in [0.2, 0.25) is 5.91 Å². The van der Waals surface area contributed by atoms with Gasteiger partial charge in [-0.25, -0.2) is 4.98 Å². The van der Waals surface area contributed by atoms with Crippen LogP contribution in [0.4, 0.5) is 5.82 Å². The van der Waals surface area contributed by atoms with Crippen LogP contribution in [0.1, 0.15) is 18.4 Å². The minimum absolute atomic E-state index is 0.298. The van der Waals surface area contributed by atoms with Crippen molar-refractivity contribution in [1.29, 1.82) is 5.26 Å². The third-order valence-corrected chi connectivity index (χ3v) is 3.72. The molecule has 2 fully saturated rings. The fraction of sp³-hybridized carbons (Fsp3) is 0.500. The summed E-state index contributed by atoms with van der Waals surface area (Å²) in [5, 5.41) is 8.89. The first-order valence-corrected chi connectivity index (χ1v) is 6.68. The Bertz CT molecular complexity index is 524. The van der Waals surface area contributed by atoms with Crippen LogP contribution in [0, 0.1) is 17.2 Å². The van der Waals surface area contributed by atoms with Crippen molar-refractivity contribution in [2.24, 2.45) is 5.92 Å². The van der Waals surface area contributed by atoms with Gasteiger partial charge in [0.15, 0.2) is 0 Å². The van der Waals surface area contributed by atoms with Gasteiger partial charge < -0.3 is 9.80 Å². The van der Waals surface area contributed by atoms with E-state index < -0.39 is 0 Å². The van der Waals surface area contributed by atoms with Crippen molar-refractivity contribution in [2.75, 3.05) is 31.1 Å². The Labute approximate surface area is 112 Å². The van der Waals surface area contributed by atoms with Gasteiger partial charge in [0.1, 0.15) is 5.82 Å². The van der Waals surface area contributed by atoms with Crippen LogP contribution in [-0.2, 0) is 4.79 Å². The maximum absolute atomic E-state index is 12.0. The van der Waals surface area contributed by atoms with E-state index in [2.05, 4.69) is 16.0 Å². The van der Waals surface area contributed by atoms with Crippen molar-refractivity contribution in [3.05, 3.63) is 23.9 Å². The molecule has 19 heavy (non-hydrogen) atoms. The van der Waals surface area contributed by atoms with Crippen molar-refractivity contribution in [3.8, 4) is 6.07 Å². The minimum Gasteiger partial charge on any atom is -0.353 e. The summed E-state index contributed by atoms with van der Waals surface area (Å²) in [5.74, 6) is 1.45. The van der Waals surface area contributed by atoms with E-state index in [9.17, 15) is 4.79 Å². The lowest BCUT2D eigenvalue weighted by Gasteiger charge is -2.35. The molecule has 0 radical (unpaired) electrons. The summed E-state index contributed by atoms with van der Waals surface area (Å²) in [6.07, 6.45) is 3.78. The molecule has 0 aromatic carbocycles. The summed E-state index contributed by atoms with van der Waals surface area (Å²) in [4.78, 5) is 20.3. The normalized spacial score (nSPS) is 19.1. The highest BCUT2D eigenvalue weighted by molar-refractivity contribution is 5.81. The third kappa shape index (κ3) is 2.53. The van der Waals surface area contributed by atoms with Crippen molar-refractivity contribution in [2.45, 2.75) is 12.8 Å². The molecule has 1 amide bonds. The molecule has 1 saturated carbocycles. The van der Waals surface area contributed by atoms with Crippen LogP contribution in [-0.4, -0.2) is 42.0 Å². The molecule has 1 aromatic heterocycles. The number of carbonyl (C=O) groups excluding carboxylic acids is 1. The van der Waals surface area contributed by atoms with Crippen LogP contribution < -0.4 is 4.90 Å². The lowest BCUT2D eigenvalue weighted by atomic mass is 10.2. The number of amides is 1. The fourth-order valence-electron chi connectivity index (χ4n) is 2.41. The number of piperazine rings is 1. The van der Waals surface area contributed by atoms with Crippen LogP contribution in [0.15, 0.2) is 18.3 Å². The van der Waals surface area contributed by atoms with Crippen LogP contribution in [0.3, 0.4) is 0 Å². The Kier molecular flexibility index (Phi) is 3.08. The lowest BCUT2D eigenvalue weighted by Crippen LogP contribution is -2.49. The van der Waals surface area contributed by atoms with Gasteiger partial charge in [-0.1, -0.05) is 0 Å². The summed E-state index contributed by atoms with van der Waals surface area (Å²) < 4.78 is 0. The molecule has 0 bridgehead atoms. The van der Waals surface area contributed by atoms with Gasteiger partial charge in [0.05, 0.1) is 11.6 Å². The minimum atomic E-state index is 0.298. The fourth-order valence-corrected chi connectivity index (χ4v) is 2.41. The number of nitrogens with zero attached hydrogens (tertiary/aromatic N) is 4. The molecule has 5 nitrogen and oxygen atoms in total. The lowest BCUT2D eigenvalue weighted by molar-refractivity contribution is -0.132. The Morgan fingerprint density at radius 3 is 2.68 bits per heavy atom. The topological polar surface area (TPSA) is 60.2 Å². The van der Waals surface area contributed by atoms with Gasteiger partial charge in [0, 0.05) is 38.3 Å². The third-order valence-electron chi connectivity index (χ3n) is 3.72.